The molecule has 0 saturated heterocycles. The minimum Gasteiger partial charge on any atom is -0.320 e. The molecule has 2 atom stereocenters. The number of rotatable bonds is 7. The van der Waals surface area contributed by atoms with Crippen molar-refractivity contribution in [3.05, 3.63) is 0 Å². The summed E-state index contributed by atoms with van der Waals surface area (Å²) in [7, 11) is -1.23. The molecule has 1 rings (SSSR count). The first-order chi connectivity index (χ1) is 8.05. The molecule has 1 aliphatic rings. The molecule has 0 amide bonds. The van der Waals surface area contributed by atoms with E-state index in [1.807, 2.05) is 7.05 Å². The molecule has 102 valence electrons. The normalized spacial score (nSPS) is 26.0. The minimum absolute atomic E-state index is 0.231. The van der Waals surface area contributed by atoms with Crippen LogP contribution in [0.1, 0.15) is 39.0 Å². The zero-order valence-corrected chi connectivity index (χ0v) is 11.9. The first-order valence-corrected chi connectivity index (χ1v) is 8.32. The molecule has 0 aromatic carbocycles. The average Bonchev–Trinajstić information content (AvgIpc) is 2.28. The SMILES string of the molecule is CNCCCS(=O)(=O)NCC1CCCCC1C. The van der Waals surface area contributed by atoms with Crippen LogP contribution in [0.3, 0.4) is 0 Å². The van der Waals surface area contributed by atoms with Gasteiger partial charge in [0.25, 0.3) is 0 Å². The van der Waals surface area contributed by atoms with Crippen molar-refractivity contribution in [3.63, 3.8) is 0 Å². The van der Waals surface area contributed by atoms with Gasteiger partial charge in [-0.05, 0) is 38.3 Å². The summed E-state index contributed by atoms with van der Waals surface area (Å²) in [4.78, 5) is 0. The highest BCUT2D eigenvalue weighted by Crippen LogP contribution is 2.28. The van der Waals surface area contributed by atoms with Crippen molar-refractivity contribution >= 4 is 10.0 Å². The molecular weight excluding hydrogens is 236 g/mol. The van der Waals surface area contributed by atoms with Gasteiger partial charge in [0.2, 0.25) is 10.0 Å². The van der Waals surface area contributed by atoms with Gasteiger partial charge in [0.05, 0.1) is 5.75 Å². The third kappa shape index (κ3) is 5.84. The molecule has 0 radical (unpaired) electrons. The lowest BCUT2D eigenvalue weighted by Crippen LogP contribution is -2.35. The molecule has 1 saturated carbocycles. The molecule has 2 N–H and O–H groups in total. The third-order valence-corrected chi connectivity index (χ3v) is 5.13. The lowest BCUT2D eigenvalue weighted by molar-refractivity contribution is 0.257. The Labute approximate surface area is 106 Å². The van der Waals surface area contributed by atoms with Crippen LogP contribution >= 0.6 is 0 Å². The Morgan fingerprint density at radius 2 is 1.94 bits per heavy atom. The predicted octanol–water partition coefficient (Wildman–Crippen LogP) is 1.34. The van der Waals surface area contributed by atoms with Crippen molar-refractivity contribution in [2.45, 2.75) is 39.0 Å². The number of nitrogens with one attached hydrogen (secondary N) is 2. The van der Waals surface area contributed by atoms with Gasteiger partial charge in [-0.3, -0.25) is 0 Å². The van der Waals surface area contributed by atoms with E-state index in [4.69, 9.17) is 0 Å². The minimum atomic E-state index is -3.07. The van der Waals surface area contributed by atoms with Crippen LogP contribution < -0.4 is 10.0 Å². The van der Waals surface area contributed by atoms with E-state index < -0.39 is 10.0 Å². The van der Waals surface area contributed by atoms with Crippen molar-refractivity contribution < 1.29 is 8.42 Å². The Morgan fingerprint density at radius 3 is 2.59 bits per heavy atom. The zero-order valence-electron chi connectivity index (χ0n) is 11.0. The summed E-state index contributed by atoms with van der Waals surface area (Å²) in [6, 6.07) is 0. The van der Waals surface area contributed by atoms with E-state index in [1.54, 1.807) is 0 Å². The van der Waals surface area contributed by atoms with Crippen molar-refractivity contribution in [1.29, 1.82) is 0 Å². The molecule has 0 bridgehead atoms. The quantitative estimate of drug-likeness (QED) is 0.681. The summed E-state index contributed by atoms with van der Waals surface area (Å²) in [5, 5.41) is 2.96. The maximum atomic E-state index is 11.7. The van der Waals surface area contributed by atoms with E-state index in [2.05, 4.69) is 17.0 Å². The highest BCUT2D eigenvalue weighted by atomic mass is 32.2. The monoisotopic (exact) mass is 262 g/mol. The fourth-order valence-corrected chi connectivity index (χ4v) is 3.58. The van der Waals surface area contributed by atoms with Gasteiger partial charge in [-0.2, -0.15) is 0 Å². The fourth-order valence-electron chi connectivity index (χ4n) is 2.44. The fraction of sp³-hybridized carbons (Fsp3) is 1.00. The van der Waals surface area contributed by atoms with Gasteiger partial charge < -0.3 is 5.32 Å². The molecule has 1 aliphatic carbocycles. The highest BCUT2D eigenvalue weighted by Gasteiger charge is 2.22. The van der Waals surface area contributed by atoms with Gasteiger partial charge in [-0.1, -0.05) is 26.2 Å². The van der Waals surface area contributed by atoms with Crippen LogP contribution in [0.4, 0.5) is 0 Å². The first-order valence-electron chi connectivity index (χ1n) is 6.67. The number of hydrogen-bond acceptors (Lipinski definition) is 3. The molecular formula is C12H26N2O2S. The van der Waals surface area contributed by atoms with E-state index in [1.165, 1.54) is 25.7 Å². The lowest BCUT2D eigenvalue weighted by Gasteiger charge is -2.28. The predicted molar refractivity (Wildman–Crippen MR) is 71.5 cm³/mol. The number of sulfonamides is 1. The van der Waals surface area contributed by atoms with Gasteiger partial charge in [-0.25, -0.2) is 13.1 Å². The summed E-state index contributed by atoms with van der Waals surface area (Å²) in [6.45, 7) is 3.61. The van der Waals surface area contributed by atoms with Crippen molar-refractivity contribution in [1.82, 2.24) is 10.0 Å². The van der Waals surface area contributed by atoms with Crippen molar-refractivity contribution in [3.8, 4) is 0 Å². The molecule has 0 aromatic rings. The topological polar surface area (TPSA) is 58.2 Å². The molecule has 0 aliphatic heterocycles. The van der Waals surface area contributed by atoms with Crippen LogP contribution in [0.2, 0.25) is 0 Å². The summed E-state index contributed by atoms with van der Waals surface area (Å²) in [5.74, 6) is 1.42. The second kappa shape index (κ2) is 7.34. The van der Waals surface area contributed by atoms with Crippen LogP contribution in [0, 0.1) is 11.8 Å². The zero-order chi connectivity index (χ0) is 12.7. The van der Waals surface area contributed by atoms with E-state index in [0.717, 1.165) is 6.54 Å². The Morgan fingerprint density at radius 1 is 1.24 bits per heavy atom. The molecule has 0 aromatic heterocycles. The molecule has 17 heavy (non-hydrogen) atoms. The summed E-state index contributed by atoms with van der Waals surface area (Å²) >= 11 is 0. The van der Waals surface area contributed by atoms with E-state index in [-0.39, 0.29) is 5.75 Å². The second-order valence-electron chi connectivity index (χ2n) is 5.15. The van der Waals surface area contributed by atoms with E-state index in [9.17, 15) is 8.42 Å². The number of hydrogen-bond donors (Lipinski definition) is 2. The highest BCUT2D eigenvalue weighted by molar-refractivity contribution is 7.89. The van der Waals surface area contributed by atoms with Gasteiger partial charge in [0.15, 0.2) is 0 Å². The summed E-state index contributed by atoms with van der Waals surface area (Å²) in [5.41, 5.74) is 0. The first kappa shape index (κ1) is 14.9. The molecule has 4 nitrogen and oxygen atoms in total. The van der Waals surface area contributed by atoms with Crippen molar-refractivity contribution in [2.24, 2.45) is 11.8 Å². The lowest BCUT2D eigenvalue weighted by atomic mass is 9.81. The van der Waals surface area contributed by atoms with Crippen LogP contribution in [0.15, 0.2) is 0 Å². The largest absolute Gasteiger partial charge is 0.320 e. The molecule has 5 heteroatoms. The van der Waals surface area contributed by atoms with Gasteiger partial charge in [0, 0.05) is 6.54 Å². The molecule has 1 fully saturated rings. The third-order valence-electron chi connectivity index (χ3n) is 3.69. The van der Waals surface area contributed by atoms with Crippen molar-refractivity contribution in [2.75, 3.05) is 25.9 Å². The Hall–Kier alpha value is -0.130. The van der Waals surface area contributed by atoms with Crippen LogP contribution in [0.25, 0.3) is 0 Å². The Kier molecular flexibility index (Phi) is 6.44. The Balaban J connectivity index is 2.28. The van der Waals surface area contributed by atoms with Crippen LogP contribution in [0.5, 0.6) is 0 Å². The molecule has 2 unspecified atom stereocenters. The van der Waals surface area contributed by atoms with E-state index in [0.29, 0.717) is 24.8 Å². The van der Waals surface area contributed by atoms with E-state index >= 15 is 0 Å². The molecule has 0 spiro atoms. The van der Waals surface area contributed by atoms with Crippen LogP contribution in [-0.2, 0) is 10.0 Å². The van der Waals surface area contributed by atoms with Gasteiger partial charge >= 0.3 is 0 Å². The smallest absolute Gasteiger partial charge is 0.211 e. The second-order valence-corrected chi connectivity index (χ2v) is 7.07. The summed E-state index contributed by atoms with van der Waals surface area (Å²) < 4.78 is 26.2. The Bertz CT molecular complexity index is 304. The maximum absolute atomic E-state index is 11.7. The van der Waals surface area contributed by atoms with Gasteiger partial charge in [-0.15, -0.1) is 0 Å². The standard InChI is InChI=1S/C12H26N2O2S/c1-11-6-3-4-7-12(11)10-14-17(15,16)9-5-8-13-2/h11-14H,3-10H2,1-2H3. The molecule has 0 heterocycles. The van der Waals surface area contributed by atoms with Crippen LogP contribution in [-0.4, -0.2) is 34.3 Å². The average molecular weight is 262 g/mol. The van der Waals surface area contributed by atoms with Gasteiger partial charge in [0.1, 0.15) is 0 Å². The maximum Gasteiger partial charge on any atom is 0.211 e. The summed E-state index contributed by atoms with van der Waals surface area (Å²) in [6.07, 6.45) is 5.63.